The molecule has 0 radical (unpaired) electrons. The van der Waals surface area contributed by atoms with Crippen LogP contribution in [0.15, 0.2) is 36.4 Å². The zero-order chi connectivity index (χ0) is 16.3. The van der Waals surface area contributed by atoms with E-state index in [2.05, 4.69) is 51.2 Å². The Morgan fingerprint density at radius 2 is 1.64 bits per heavy atom. The molecule has 0 aliphatic heterocycles. The molecule has 0 heterocycles. The Hall–Kier alpha value is -1.37. The van der Waals surface area contributed by atoms with Gasteiger partial charge in [0.05, 0.1) is 0 Å². The highest BCUT2D eigenvalue weighted by atomic mass is 31.1. The van der Waals surface area contributed by atoms with E-state index in [4.69, 9.17) is 0 Å². The van der Waals surface area contributed by atoms with Crippen molar-refractivity contribution in [3.63, 3.8) is 0 Å². The first-order valence-corrected chi connectivity index (χ1v) is 8.67. The van der Waals surface area contributed by atoms with Crippen LogP contribution in [0, 0.1) is 13.8 Å². The number of para-hydroxylation sites is 1. The van der Waals surface area contributed by atoms with E-state index in [1.807, 2.05) is 25.1 Å². The normalized spacial score (nSPS) is 12.2. The Morgan fingerprint density at radius 1 is 1.00 bits per heavy atom. The van der Waals surface area contributed by atoms with Gasteiger partial charge in [0.1, 0.15) is 5.75 Å². The van der Waals surface area contributed by atoms with E-state index in [9.17, 15) is 5.11 Å². The fourth-order valence-electron chi connectivity index (χ4n) is 2.31. The van der Waals surface area contributed by atoms with E-state index >= 15 is 0 Å². The predicted octanol–water partition coefficient (Wildman–Crippen LogP) is 3.53. The minimum atomic E-state index is 0.0929. The third-order valence-electron chi connectivity index (χ3n) is 3.67. The molecule has 0 saturated heterocycles. The highest BCUT2D eigenvalue weighted by Gasteiger charge is 2.13. The third kappa shape index (κ3) is 4.32. The molecule has 0 fully saturated rings. The van der Waals surface area contributed by atoms with Crippen molar-refractivity contribution in [2.24, 2.45) is 0 Å². The first-order valence-electron chi connectivity index (χ1n) is 7.67. The van der Waals surface area contributed by atoms with Crippen molar-refractivity contribution >= 4 is 19.2 Å². The summed E-state index contributed by atoms with van der Waals surface area (Å²) in [5, 5.41) is 16.2. The number of aryl methyl sites for hydroxylation is 2. The molecular weight excluding hydrogens is 289 g/mol. The van der Waals surface area contributed by atoms with Gasteiger partial charge in [0.2, 0.25) is 0 Å². The van der Waals surface area contributed by atoms with Crippen LogP contribution >= 0.6 is 8.58 Å². The summed E-state index contributed by atoms with van der Waals surface area (Å²) >= 11 is 0. The molecule has 0 aliphatic rings. The fraction of sp³-hybridized carbons (Fsp3) is 0.368. The van der Waals surface area contributed by atoms with Crippen molar-refractivity contribution in [2.75, 3.05) is 0 Å². The molecule has 22 heavy (non-hydrogen) atoms. The number of hydrogen-bond donors (Lipinski definition) is 2. The van der Waals surface area contributed by atoms with Crippen LogP contribution in [0.2, 0.25) is 0 Å². The Bertz CT molecular complexity index is 659. The van der Waals surface area contributed by atoms with Gasteiger partial charge < -0.3 is 10.4 Å². The molecule has 0 aliphatic carbocycles. The predicted molar refractivity (Wildman–Crippen MR) is 98.2 cm³/mol. The van der Waals surface area contributed by atoms with Crippen molar-refractivity contribution in [1.29, 1.82) is 0 Å². The molecule has 1 unspecified atom stereocenters. The second kappa shape index (κ2) is 6.81. The van der Waals surface area contributed by atoms with E-state index in [1.165, 1.54) is 16.4 Å². The van der Waals surface area contributed by atoms with E-state index in [1.54, 1.807) is 0 Å². The summed E-state index contributed by atoms with van der Waals surface area (Å²) in [6.45, 7) is 11.5. The van der Waals surface area contributed by atoms with Crippen LogP contribution in [-0.2, 0) is 6.54 Å². The van der Waals surface area contributed by atoms with Crippen LogP contribution in [0.1, 0.15) is 37.5 Å². The summed E-state index contributed by atoms with van der Waals surface area (Å²) in [5.41, 5.74) is 3.63. The molecule has 2 aromatic carbocycles. The summed E-state index contributed by atoms with van der Waals surface area (Å²) < 4.78 is 0. The van der Waals surface area contributed by atoms with Crippen molar-refractivity contribution in [3.05, 3.63) is 53.1 Å². The topological polar surface area (TPSA) is 32.3 Å². The highest BCUT2D eigenvalue weighted by Crippen LogP contribution is 2.24. The van der Waals surface area contributed by atoms with Gasteiger partial charge in [-0.1, -0.05) is 45.0 Å². The maximum atomic E-state index is 10.3. The van der Waals surface area contributed by atoms with Gasteiger partial charge in [-0.15, -0.1) is 0 Å². The lowest BCUT2D eigenvalue weighted by Crippen LogP contribution is -2.36. The first kappa shape index (κ1) is 17.0. The van der Waals surface area contributed by atoms with Gasteiger partial charge in [0.15, 0.2) is 0 Å². The largest absolute Gasteiger partial charge is 0.507 e. The molecule has 0 bridgehead atoms. The van der Waals surface area contributed by atoms with Crippen LogP contribution in [0.4, 0.5) is 0 Å². The molecule has 118 valence electrons. The number of rotatable bonds is 4. The Morgan fingerprint density at radius 3 is 2.32 bits per heavy atom. The van der Waals surface area contributed by atoms with Gasteiger partial charge in [-0.05, 0) is 56.6 Å². The third-order valence-corrected chi connectivity index (χ3v) is 5.30. The number of benzene rings is 2. The second-order valence-electron chi connectivity index (χ2n) is 6.81. The summed E-state index contributed by atoms with van der Waals surface area (Å²) in [5.74, 6) is 0.429. The van der Waals surface area contributed by atoms with Gasteiger partial charge in [-0.25, -0.2) is 0 Å². The minimum Gasteiger partial charge on any atom is -0.507 e. The van der Waals surface area contributed by atoms with E-state index < -0.39 is 0 Å². The molecule has 1 atom stereocenters. The van der Waals surface area contributed by atoms with Crippen LogP contribution < -0.4 is 15.9 Å². The number of phenols is 1. The van der Waals surface area contributed by atoms with Gasteiger partial charge in [-0.3, -0.25) is 0 Å². The summed E-state index contributed by atoms with van der Waals surface area (Å²) in [6, 6.07) is 12.4. The lowest BCUT2D eigenvalue weighted by atomic mass is 10.1. The zero-order valence-electron chi connectivity index (χ0n) is 14.1. The van der Waals surface area contributed by atoms with E-state index in [0.717, 1.165) is 17.4 Å². The van der Waals surface area contributed by atoms with Gasteiger partial charge >= 0.3 is 0 Å². The van der Waals surface area contributed by atoms with Crippen molar-refractivity contribution < 1.29 is 5.11 Å². The van der Waals surface area contributed by atoms with Gasteiger partial charge in [-0.2, -0.15) is 0 Å². The molecule has 0 amide bonds. The molecule has 2 N–H and O–H groups in total. The fourth-order valence-corrected chi connectivity index (χ4v) is 3.69. The smallest absolute Gasteiger partial charge is 0.126 e. The molecule has 0 aromatic heterocycles. The lowest BCUT2D eigenvalue weighted by molar-refractivity contribution is 0.425. The molecule has 2 aromatic rings. The molecule has 0 saturated carbocycles. The van der Waals surface area contributed by atoms with Crippen LogP contribution in [0.25, 0.3) is 0 Å². The number of nitrogens with one attached hydrogen (secondary N) is 1. The van der Waals surface area contributed by atoms with Gasteiger partial charge in [0.25, 0.3) is 0 Å². The Labute approximate surface area is 135 Å². The van der Waals surface area contributed by atoms with Crippen molar-refractivity contribution in [2.45, 2.75) is 46.7 Å². The monoisotopic (exact) mass is 315 g/mol. The molecule has 2 nitrogen and oxygen atoms in total. The van der Waals surface area contributed by atoms with Crippen LogP contribution in [-0.4, -0.2) is 10.6 Å². The molecule has 2 rings (SSSR count). The van der Waals surface area contributed by atoms with E-state index in [-0.39, 0.29) is 5.54 Å². The standard InChI is InChI=1S/C19H26NOP/c1-13-8-7-11-16(17(13)21)22-18-14(2)9-6-10-15(18)12-20-19(3,4)5/h6-11,20-22H,12H2,1-5H3. The Kier molecular flexibility index (Phi) is 5.26. The van der Waals surface area contributed by atoms with E-state index in [0.29, 0.717) is 14.3 Å². The quantitative estimate of drug-likeness (QED) is 0.846. The average Bonchev–Trinajstić information content (AvgIpc) is 2.43. The van der Waals surface area contributed by atoms with Crippen molar-refractivity contribution in [1.82, 2.24) is 5.32 Å². The number of hydrogen-bond acceptors (Lipinski definition) is 2. The summed E-state index contributed by atoms with van der Waals surface area (Å²) in [7, 11) is 0.473. The lowest BCUT2D eigenvalue weighted by Gasteiger charge is -2.22. The molecular formula is C19H26NOP. The van der Waals surface area contributed by atoms with Crippen LogP contribution in [0.5, 0.6) is 5.75 Å². The average molecular weight is 315 g/mol. The summed E-state index contributed by atoms with van der Waals surface area (Å²) in [4.78, 5) is 0. The highest BCUT2D eigenvalue weighted by molar-refractivity contribution is 7.56. The van der Waals surface area contributed by atoms with Gasteiger partial charge in [0, 0.05) is 17.4 Å². The zero-order valence-corrected chi connectivity index (χ0v) is 15.1. The maximum absolute atomic E-state index is 10.3. The Balaban J connectivity index is 2.32. The number of aromatic hydroxyl groups is 1. The first-order chi connectivity index (χ1) is 10.3. The van der Waals surface area contributed by atoms with Crippen molar-refractivity contribution in [3.8, 4) is 5.75 Å². The second-order valence-corrected chi connectivity index (χ2v) is 8.10. The minimum absolute atomic E-state index is 0.0929. The SMILES string of the molecule is Cc1cccc(Pc2c(C)cccc2CNC(C)(C)C)c1O. The summed E-state index contributed by atoms with van der Waals surface area (Å²) in [6.07, 6.45) is 0. The molecule has 0 spiro atoms. The maximum Gasteiger partial charge on any atom is 0.126 e. The number of phenolic OH excluding ortho intramolecular Hbond substituents is 1. The molecule has 3 heteroatoms. The van der Waals surface area contributed by atoms with Crippen LogP contribution in [0.3, 0.4) is 0 Å².